The molecule has 2 aromatic heterocycles. The van der Waals surface area contributed by atoms with Gasteiger partial charge in [0.25, 0.3) is 0 Å². The maximum Gasteiger partial charge on any atom is 0.176 e. The molecule has 0 saturated heterocycles. The van der Waals surface area contributed by atoms with Crippen LogP contribution in [0, 0.1) is 0 Å². The van der Waals surface area contributed by atoms with Gasteiger partial charge in [-0.3, -0.25) is 0 Å². The van der Waals surface area contributed by atoms with E-state index in [1.165, 1.54) is 11.1 Å². The first kappa shape index (κ1) is 13.4. The Hall–Kier alpha value is -2.62. The van der Waals surface area contributed by atoms with Crippen LogP contribution in [0.25, 0.3) is 5.82 Å². The summed E-state index contributed by atoms with van der Waals surface area (Å²) in [7, 11) is 0. The van der Waals surface area contributed by atoms with Crippen LogP contribution in [-0.4, -0.2) is 14.8 Å². The maximum absolute atomic E-state index is 4.41. The van der Waals surface area contributed by atoms with E-state index in [0.29, 0.717) is 0 Å². The number of aromatic nitrogens is 3. The topological polar surface area (TPSA) is 42.7 Å². The average molecular weight is 278 g/mol. The van der Waals surface area contributed by atoms with Crippen molar-refractivity contribution in [3.63, 3.8) is 0 Å². The Balaban J connectivity index is 1.83. The van der Waals surface area contributed by atoms with Crippen molar-refractivity contribution < 1.29 is 0 Å². The molecule has 2 heterocycles. The predicted octanol–water partition coefficient (Wildman–Crippen LogP) is 3.44. The van der Waals surface area contributed by atoms with Crippen LogP contribution >= 0.6 is 0 Å². The molecule has 4 heteroatoms. The molecule has 0 spiro atoms. The van der Waals surface area contributed by atoms with Crippen LogP contribution in [-0.2, 0) is 13.0 Å². The zero-order chi connectivity index (χ0) is 14.5. The van der Waals surface area contributed by atoms with Gasteiger partial charge < -0.3 is 5.32 Å². The first-order valence-corrected chi connectivity index (χ1v) is 7.14. The van der Waals surface area contributed by atoms with Crippen LogP contribution in [0.15, 0.2) is 61.1 Å². The van der Waals surface area contributed by atoms with Gasteiger partial charge in [0.1, 0.15) is 0 Å². The molecule has 106 valence electrons. The number of pyridine rings is 1. The molecule has 0 saturated carbocycles. The summed E-state index contributed by atoms with van der Waals surface area (Å²) in [6.45, 7) is 2.96. The molecule has 0 fully saturated rings. The van der Waals surface area contributed by atoms with Crippen LogP contribution in [0.4, 0.5) is 5.69 Å². The van der Waals surface area contributed by atoms with Gasteiger partial charge in [-0.2, -0.15) is 5.10 Å². The number of hydrogen-bond donors (Lipinski definition) is 1. The molecule has 4 nitrogen and oxygen atoms in total. The minimum atomic E-state index is 0.782. The van der Waals surface area contributed by atoms with Crippen LogP contribution in [0.1, 0.15) is 18.1 Å². The van der Waals surface area contributed by atoms with Crippen LogP contribution < -0.4 is 5.32 Å². The molecule has 0 radical (unpaired) electrons. The molecular formula is C17H18N4. The molecule has 0 bridgehead atoms. The molecule has 3 aromatic rings. The monoisotopic (exact) mass is 278 g/mol. The summed E-state index contributed by atoms with van der Waals surface area (Å²) in [5, 5.41) is 7.72. The quantitative estimate of drug-likeness (QED) is 0.777. The first-order chi connectivity index (χ1) is 10.4. The van der Waals surface area contributed by atoms with Crippen molar-refractivity contribution in [1.82, 2.24) is 14.8 Å². The standard InChI is InChI=1S/C17H18N4/c1-2-14-7-3-4-8-15(14)13-19-16-9-5-10-18-17(16)21-12-6-11-20-21/h3-12,19H,2,13H2,1H3. The highest BCUT2D eigenvalue weighted by Crippen LogP contribution is 2.18. The third-order valence-electron chi connectivity index (χ3n) is 3.48. The number of benzene rings is 1. The fraction of sp³-hybridized carbons (Fsp3) is 0.176. The van der Waals surface area contributed by atoms with Crippen molar-refractivity contribution in [3.05, 3.63) is 72.2 Å². The first-order valence-electron chi connectivity index (χ1n) is 7.14. The highest BCUT2D eigenvalue weighted by Gasteiger charge is 2.06. The van der Waals surface area contributed by atoms with Gasteiger partial charge >= 0.3 is 0 Å². The van der Waals surface area contributed by atoms with E-state index in [1.54, 1.807) is 17.1 Å². The summed E-state index contributed by atoms with van der Waals surface area (Å²) in [6.07, 6.45) is 6.47. The van der Waals surface area contributed by atoms with E-state index < -0.39 is 0 Å². The van der Waals surface area contributed by atoms with Crippen molar-refractivity contribution >= 4 is 5.69 Å². The Bertz CT molecular complexity index is 704. The highest BCUT2D eigenvalue weighted by molar-refractivity contribution is 5.56. The lowest BCUT2D eigenvalue weighted by atomic mass is 10.1. The van der Waals surface area contributed by atoms with E-state index in [-0.39, 0.29) is 0 Å². The van der Waals surface area contributed by atoms with E-state index >= 15 is 0 Å². The number of nitrogens with zero attached hydrogens (tertiary/aromatic N) is 3. The van der Waals surface area contributed by atoms with Crippen molar-refractivity contribution in [2.24, 2.45) is 0 Å². The fourth-order valence-electron chi connectivity index (χ4n) is 2.38. The molecule has 0 unspecified atom stereocenters. The van der Waals surface area contributed by atoms with Gasteiger partial charge in [-0.05, 0) is 35.7 Å². The fourth-order valence-corrected chi connectivity index (χ4v) is 2.38. The Morgan fingerprint density at radius 2 is 1.86 bits per heavy atom. The van der Waals surface area contributed by atoms with E-state index in [1.807, 2.05) is 24.4 Å². The molecular weight excluding hydrogens is 260 g/mol. The third kappa shape index (κ3) is 2.94. The average Bonchev–Trinajstić information content (AvgIpc) is 3.08. The van der Waals surface area contributed by atoms with E-state index in [4.69, 9.17) is 0 Å². The summed E-state index contributed by atoms with van der Waals surface area (Å²) in [5.74, 6) is 0.816. The molecule has 0 aliphatic carbocycles. The highest BCUT2D eigenvalue weighted by atomic mass is 15.3. The lowest BCUT2D eigenvalue weighted by Crippen LogP contribution is -2.07. The molecule has 1 aromatic carbocycles. The summed E-state index contributed by atoms with van der Waals surface area (Å²) in [5.41, 5.74) is 3.66. The third-order valence-corrected chi connectivity index (χ3v) is 3.48. The minimum absolute atomic E-state index is 0.782. The molecule has 0 aliphatic heterocycles. The summed E-state index contributed by atoms with van der Waals surface area (Å²) in [6, 6.07) is 14.4. The van der Waals surface area contributed by atoms with Gasteiger partial charge in [0.05, 0.1) is 5.69 Å². The zero-order valence-electron chi connectivity index (χ0n) is 12.0. The SMILES string of the molecule is CCc1ccccc1CNc1cccnc1-n1cccn1. The second-order valence-electron chi connectivity index (χ2n) is 4.80. The van der Waals surface area contributed by atoms with Crippen molar-refractivity contribution in [2.75, 3.05) is 5.32 Å². The van der Waals surface area contributed by atoms with Crippen molar-refractivity contribution in [3.8, 4) is 5.82 Å². The van der Waals surface area contributed by atoms with Crippen LogP contribution in [0.2, 0.25) is 0 Å². The Morgan fingerprint density at radius 3 is 2.62 bits per heavy atom. The second kappa shape index (κ2) is 6.22. The van der Waals surface area contributed by atoms with Crippen LogP contribution in [0.3, 0.4) is 0 Å². The number of nitrogens with one attached hydrogen (secondary N) is 1. The van der Waals surface area contributed by atoms with Gasteiger partial charge in [-0.25, -0.2) is 9.67 Å². The zero-order valence-corrected chi connectivity index (χ0v) is 12.0. The van der Waals surface area contributed by atoms with Gasteiger partial charge in [0, 0.05) is 25.1 Å². The number of hydrogen-bond acceptors (Lipinski definition) is 3. The van der Waals surface area contributed by atoms with E-state index in [0.717, 1.165) is 24.5 Å². The van der Waals surface area contributed by atoms with Gasteiger partial charge in [-0.15, -0.1) is 0 Å². The van der Waals surface area contributed by atoms with Crippen molar-refractivity contribution in [1.29, 1.82) is 0 Å². The minimum Gasteiger partial charge on any atom is -0.378 e. The summed E-state index contributed by atoms with van der Waals surface area (Å²) >= 11 is 0. The van der Waals surface area contributed by atoms with Gasteiger partial charge in [0.15, 0.2) is 5.82 Å². The smallest absolute Gasteiger partial charge is 0.176 e. The molecule has 1 N–H and O–H groups in total. The molecule has 0 aliphatic rings. The Morgan fingerprint density at radius 1 is 1.00 bits per heavy atom. The lowest BCUT2D eigenvalue weighted by molar-refractivity contribution is 0.846. The lowest BCUT2D eigenvalue weighted by Gasteiger charge is -2.13. The second-order valence-corrected chi connectivity index (χ2v) is 4.80. The number of rotatable bonds is 5. The number of aryl methyl sites for hydroxylation is 1. The van der Waals surface area contributed by atoms with Crippen LogP contribution in [0.5, 0.6) is 0 Å². The number of anilines is 1. The summed E-state index contributed by atoms with van der Waals surface area (Å²) < 4.78 is 1.77. The van der Waals surface area contributed by atoms with Crippen molar-refractivity contribution in [2.45, 2.75) is 19.9 Å². The molecule has 0 atom stereocenters. The predicted molar refractivity (Wildman–Crippen MR) is 84.5 cm³/mol. The largest absolute Gasteiger partial charge is 0.378 e. The van der Waals surface area contributed by atoms with E-state index in [9.17, 15) is 0 Å². The maximum atomic E-state index is 4.41. The van der Waals surface area contributed by atoms with Gasteiger partial charge in [0.2, 0.25) is 0 Å². The van der Waals surface area contributed by atoms with Gasteiger partial charge in [-0.1, -0.05) is 31.2 Å². The summed E-state index contributed by atoms with van der Waals surface area (Å²) in [4.78, 5) is 4.41. The molecule has 0 amide bonds. The molecule has 21 heavy (non-hydrogen) atoms. The Kier molecular flexibility index (Phi) is 3.96. The Labute approximate surface area is 124 Å². The van der Waals surface area contributed by atoms with E-state index in [2.05, 4.69) is 46.6 Å². The normalized spacial score (nSPS) is 10.5. The molecule has 3 rings (SSSR count).